The number of esters is 1. The summed E-state index contributed by atoms with van der Waals surface area (Å²) in [4.78, 5) is 24.9. The number of nitrogens with zero attached hydrogens (tertiary/aromatic N) is 1. The zero-order valence-electron chi connectivity index (χ0n) is 15.6. The van der Waals surface area contributed by atoms with Crippen LogP contribution in [0.25, 0.3) is 11.1 Å². The van der Waals surface area contributed by atoms with Gasteiger partial charge in [-0.3, -0.25) is 4.79 Å². The molecule has 1 unspecified atom stereocenters. The zero-order valence-corrected chi connectivity index (χ0v) is 15.6. The SMILES string of the molecule is CCOC(=O)C1(COc2ccc(-c3ccc(F)cc3)cc2)CCN(C(=O)O)C1. The second-order valence-corrected chi connectivity index (χ2v) is 6.77. The maximum atomic E-state index is 13.1. The second-order valence-electron chi connectivity index (χ2n) is 6.77. The monoisotopic (exact) mass is 387 g/mol. The van der Waals surface area contributed by atoms with Crippen molar-refractivity contribution in [2.45, 2.75) is 13.3 Å². The lowest BCUT2D eigenvalue weighted by molar-refractivity contribution is -0.156. The van der Waals surface area contributed by atoms with Crippen LogP contribution in [0.2, 0.25) is 0 Å². The highest BCUT2D eigenvalue weighted by molar-refractivity contribution is 5.79. The van der Waals surface area contributed by atoms with Gasteiger partial charge in [-0.2, -0.15) is 0 Å². The fourth-order valence-electron chi connectivity index (χ4n) is 3.27. The van der Waals surface area contributed by atoms with E-state index in [1.54, 1.807) is 31.2 Å². The maximum absolute atomic E-state index is 13.1. The lowest BCUT2D eigenvalue weighted by atomic mass is 9.88. The van der Waals surface area contributed by atoms with E-state index in [4.69, 9.17) is 9.47 Å². The topological polar surface area (TPSA) is 76.1 Å². The summed E-state index contributed by atoms with van der Waals surface area (Å²) in [6.45, 7) is 2.28. The lowest BCUT2D eigenvalue weighted by Gasteiger charge is -2.26. The molecular weight excluding hydrogens is 365 g/mol. The molecule has 1 heterocycles. The van der Waals surface area contributed by atoms with Gasteiger partial charge in [-0.05, 0) is 48.7 Å². The molecule has 3 rings (SSSR count). The number of carboxylic acid groups (broad SMARTS) is 1. The van der Waals surface area contributed by atoms with Gasteiger partial charge < -0.3 is 19.5 Å². The zero-order chi connectivity index (χ0) is 20.1. The summed E-state index contributed by atoms with van der Waals surface area (Å²) in [6.07, 6.45) is -0.707. The number of carbonyl (C=O) groups excluding carboxylic acids is 1. The molecule has 0 aromatic heterocycles. The largest absolute Gasteiger partial charge is 0.492 e. The molecule has 0 radical (unpaired) electrons. The van der Waals surface area contributed by atoms with E-state index >= 15 is 0 Å². The number of ether oxygens (including phenoxy) is 2. The van der Waals surface area contributed by atoms with Gasteiger partial charge in [0.05, 0.1) is 6.61 Å². The third-order valence-corrected chi connectivity index (χ3v) is 4.88. The molecule has 28 heavy (non-hydrogen) atoms. The van der Waals surface area contributed by atoms with Gasteiger partial charge in [0.25, 0.3) is 0 Å². The van der Waals surface area contributed by atoms with E-state index in [1.807, 2.05) is 12.1 Å². The van der Waals surface area contributed by atoms with Crippen LogP contribution < -0.4 is 4.74 Å². The van der Waals surface area contributed by atoms with E-state index < -0.39 is 17.5 Å². The number of carbonyl (C=O) groups is 2. The highest BCUT2D eigenvalue weighted by atomic mass is 19.1. The summed E-state index contributed by atoms with van der Waals surface area (Å²) in [5.74, 6) is -0.176. The number of amides is 1. The first-order chi connectivity index (χ1) is 13.4. The Labute approximate surface area is 162 Å². The quantitative estimate of drug-likeness (QED) is 0.763. The van der Waals surface area contributed by atoms with Crippen molar-refractivity contribution in [3.8, 4) is 16.9 Å². The summed E-state index contributed by atoms with van der Waals surface area (Å²) in [6, 6.07) is 13.4. The normalized spacial score (nSPS) is 18.7. The maximum Gasteiger partial charge on any atom is 0.407 e. The van der Waals surface area contributed by atoms with Crippen molar-refractivity contribution in [2.24, 2.45) is 5.41 Å². The van der Waals surface area contributed by atoms with Crippen molar-refractivity contribution in [1.29, 1.82) is 0 Å². The van der Waals surface area contributed by atoms with Gasteiger partial charge in [-0.1, -0.05) is 24.3 Å². The number of rotatable bonds is 6. The predicted octanol–water partition coefficient (Wildman–Crippen LogP) is 3.80. The van der Waals surface area contributed by atoms with Crippen LogP contribution >= 0.6 is 0 Å². The minimum absolute atomic E-state index is 0.0332. The minimum Gasteiger partial charge on any atom is -0.492 e. The Hall–Kier alpha value is -3.09. The predicted molar refractivity (Wildman–Crippen MR) is 101 cm³/mol. The van der Waals surface area contributed by atoms with E-state index in [1.165, 1.54) is 17.0 Å². The van der Waals surface area contributed by atoms with E-state index in [2.05, 4.69) is 0 Å². The van der Waals surface area contributed by atoms with Crippen LogP contribution in [0.3, 0.4) is 0 Å². The van der Waals surface area contributed by atoms with Crippen molar-refractivity contribution in [3.05, 3.63) is 54.3 Å². The van der Waals surface area contributed by atoms with Gasteiger partial charge in [0, 0.05) is 13.1 Å². The van der Waals surface area contributed by atoms with Gasteiger partial charge in [0.15, 0.2) is 0 Å². The Morgan fingerprint density at radius 2 is 1.71 bits per heavy atom. The molecule has 1 aliphatic heterocycles. The van der Waals surface area contributed by atoms with Crippen molar-refractivity contribution in [3.63, 3.8) is 0 Å². The van der Waals surface area contributed by atoms with Gasteiger partial charge >= 0.3 is 12.1 Å². The molecule has 0 bridgehead atoms. The Morgan fingerprint density at radius 3 is 2.25 bits per heavy atom. The molecule has 0 spiro atoms. The smallest absolute Gasteiger partial charge is 0.407 e. The number of hydrogen-bond acceptors (Lipinski definition) is 4. The molecule has 1 saturated heterocycles. The third kappa shape index (κ3) is 4.24. The Balaban J connectivity index is 1.70. The summed E-state index contributed by atoms with van der Waals surface area (Å²) in [7, 11) is 0. The molecule has 148 valence electrons. The van der Waals surface area contributed by atoms with Crippen LogP contribution in [0.4, 0.5) is 9.18 Å². The molecule has 7 heteroatoms. The summed E-state index contributed by atoms with van der Waals surface area (Å²) in [5.41, 5.74) is 0.776. The molecule has 6 nitrogen and oxygen atoms in total. The van der Waals surface area contributed by atoms with E-state index in [9.17, 15) is 19.1 Å². The van der Waals surface area contributed by atoms with E-state index in [0.717, 1.165) is 11.1 Å². The summed E-state index contributed by atoms with van der Waals surface area (Å²) in [5, 5.41) is 9.21. The minimum atomic E-state index is -1.06. The fraction of sp³-hybridized carbons (Fsp3) is 0.333. The molecule has 1 amide bonds. The average molecular weight is 387 g/mol. The first kappa shape index (κ1) is 19.7. The van der Waals surface area contributed by atoms with E-state index in [0.29, 0.717) is 12.2 Å². The molecule has 2 aromatic rings. The molecule has 1 atom stereocenters. The molecule has 1 aliphatic rings. The molecule has 0 saturated carbocycles. The van der Waals surface area contributed by atoms with Crippen LogP contribution in [0.1, 0.15) is 13.3 Å². The van der Waals surface area contributed by atoms with Crippen LogP contribution in [0, 0.1) is 11.2 Å². The number of benzene rings is 2. The van der Waals surface area contributed by atoms with Gasteiger partial charge in [0.2, 0.25) is 0 Å². The Bertz CT molecular complexity index is 837. The van der Waals surface area contributed by atoms with Crippen LogP contribution in [-0.2, 0) is 9.53 Å². The standard InChI is InChI=1S/C21H22FNO5/c1-2-27-19(24)21(11-12-23(13-21)20(25)26)14-28-18-9-5-16(6-10-18)15-3-7-17(22)8-4-15/h3-10H,2,11-14H2,1H3,(H,25,26). The highest BCUT2D eigenvalue weighted by Crippen LogP contribution is 2.33. The molecule has 1 N–H and O–H groups in total. The number of likely N-dealkylation sites (tertiary alicyclic amines) is 1. The Kier molecular flexibility index (Phi) is 5.82. The highest BCUT2D eigenvalue weighted by Gasteiger charge is 2.48. The summed E-state index contributed by atoms with van der Waals surface area (Å²) >= 11 is 0. The van der Waals surface area contributed by atoms with Crippen molar-refractivity contribution < 1.29 is 28.6 Å². The Morgan fingerprint density at radius 1 is 1.11 bits per heavy atom. The first-order valence-electron chi connectivity index (χ1n) is 9.07. The van der Waals surface area contributed by atoms with Gasteiger partial charge in [0.1, 0.15) is 23.6 Å². The molecule has 2 aromatic carbocycles. The molecular formula is C21H22FNO5. The van der Waals surface area contributed by atoms with Gasteiger partial charge in [-0.25, -0.2) is 9.18 Å². The number of halogens is 1. The first-order valence-corrected chi connectivity index (χ1v) is 9.07. The third-order valence-electron chi connectivity index (χ3n) is 4.88. The van der Waals surface area contributed by atoms with Crippen molar-refractivity contribution in [2.75, 3.05) is 26.3 Å². The lowest BCUT2D eigenvalue weighted by Crippen LogP contribution is -2.42. The van der Waals surface area contributed by atoms with E-state index in [-0.39, 0.29) is 32.1 Å². The summed E-state index contributed by atoms with van der Waals surface area (Å²) < 4.78 is 24.0. The molecule has 0 aliphatic carbocycles. The van der Waals surface area contributed by atoms with Crippen molar-refractivity contribution in [1.82, 2.24) is 4.90 Å². The number of hydrogen-bond donors (Lipinski definition) is 1. The second kappa shape index (κ2) is 8.29. The average Bonchev–Trinajstić information content (AvgIpc) is 3.14. The van der Waals surface area contributed by atoms with Crippen LogP contribution in [0.5, 0.6) is 5.75 Å². The fourth-order valence-corrected chi connectivity index (χ4v) is 3.27. The van der Waals surface area contributed by atoms with Gasteiger partial charge in [-0.15, -0.1) is 0 Å². The molecule has 1 fully saturated rings. The van der Waals surface area contributed by atoms with Crippen molar-refractivity contribution >= 4 is 12.1 Å². The van der Waals surface area contributed by atoms with Crippen LogP contribution in [-0.4, -0.2) is 48.4 Å². The van der Waals surface area contributed by atoms with Crippen LogP contribution in [0.15, 0.2) is 48.5 Å².